The third-order valence-corrected chi connectivity index (χ3v) is 3.21. The van der Waals surface area contributed by atoms with Crippen molar-refractivity contribution in [2.24, 2.45) is 0 Å². The molecule has 1 unspecified atom stereocenters. The first-order chi connectivity index (χ1) is 8.11. The SMILES string of the molecule is CCCC(C)NC(=O)CNCc1csc(C)n1. The lowest BCUT2D eigenvalue weighted by Gasteiger charge is -2.12. The van der Waals surface area contributed by atoms with Crippen LogP contribution in [0.1, 0.15) is 37.4 Å². The fraction of sp³-hybridized carbons (Fsp3) is 0.667. The Morgan fingerprint density at radius 3 is 2.94 bits per heavy atom. The second-order valence-corrected chi connectivity index (χ2v) is 5.28. The topological polar surface area (TPSA) is 54.0 Å². The maximum absolute atomic E-state index is 11.5. The third kappa shape index (κ3) is 5.79. The molecule has 1 rings (SSSR count). The molecule has 5 heteroatoms. The van der Waals surface area contributed by atoms with Crippen molar-refractivity contribution in [2.75, 3.05) is 6.54 Å². The van der Waals surface area contributed by atoms with Crippen molar-refractivity contribution >= 4 is 17.2 Å². The van der Waals surface area contributed by atoms with Crippen LogP contribution in [0, 0.1) is 6.92 Å². The molecular weight excluding hydrogens is 234 g/mol. The van der Waals surface area contributed by atoms with E-state index in [4.69, 9.17) is 0 Å². The Bertz CT molecular complexity index is 351. The molecular formula is C12H21N3OS. The maximum Gasteiger partial charge on any atom is 0.234 e. The molecule has 0 aliphatic rings. The van der Waals surface area contributed by atoms with Crippen molar-refractivity contribution < 1.29 is 4.79 Å². The molecule has 96 valence electrons. The number of hydrogen-bond acceptors (Lipinski definition) is 4. The van der Waals surface area contributed by atoms with E-state index >= 15 is 0 Å². The van der Waals surface area contributed by atoms with Gasteiger partial charge in [-0.05, 0) is 20.3 Å². The van der Waals surface area contributed by atoms with Gasteiger partial charge in [0.15, 0.2) is 0 Å². The van der Waals surface area contributed by atoms with Gasteiger partial charge in [-0.25, -0.2) is 4.98 Å². The van der Waals surface area contributed by atoms with E-state index < -0.39 is 0 Å². The third-order valence-electron chi connectivity index (χ3n) is 2.39. The van der Waals surface area contributed by atoms with E-state index in [0.717, 1.165) is 23.5 Å². The minimum absolute atomic E-state index is 0.0536. The van der Waals surface area contributed by atoms with Gasteiger partial charge in [-0.15, -0.1) is 11.3 Å². The monoisotopic (exact) mass is 255 g/mol. The van der Waals surface area contributed by atoms with E-state index in [0.29, 0.717) is 13.1 Å². The molecule has 1 aromatic rings. The molecule has 0 radical (unpaired) electrons. The maximum atomic E-state index is 11.5. The Morgan fingerprint density at radius 1 is 1.59 bits per heavy atom. The smallest absolute Gasteiger partial charge is 0.234 e. The van der Waals surface area contributed by atoms with Crippen molar-refractivity contribution in [1.82, 2.24) is 15.6 Å². The van der Waals surface area contributed by atoms with E-state index in [1.807, 2.05) is 19.2 Å². The molecule has 0 spiro atoms. The van der Waals surface area contributed by atoms with Crippen LogP contribution in [-0.2, 0) is 11.3 Å². The number of rotatable bonds is 7. The Kier molecular flexibility index (Phi) is 6.15. The fourth-order valence-corrected chi connectivity index (χ4v) is 2.24. The van der Waals surface area contributed by atoms with Gasteiger partial charge in [0.05, 0.1) is 17.2 Å². The van der Waals surface area contributed by atoms with Crippen LogP contribution < -0.4 is 10.6 Å². The van der Waals surface area contributed by atoms with Gasteiger partial charge in [0.1, 0.15) is 0 Å². The van der Waals surface area contributed by atoms with Crippen molar-refractivity contribution in [3.8, 4) is 0 Å². The molecule has 1 heterocycles. The number of nitrogens with zero attached hydrogens (tertiary/aromatic N) is 1. The molecule has 1 aromatic heterocycles. The summed E-state index contributed by atoms with van der Waals surface area (Å²) in [6.45, 7) is 7.13. The summed E-state index contributed by atoms with van der Waals surface area (Å²) in [5.41, 5.74) is 1.00. The van der Waals surface area contributed by atoms with E-state index in [2.05, 4.69) is 22.5 Å². The van der Waals surface area contributed by atoms with E-state index in [1.54, 1.807) is 11.3 Å². The highest BCUT2D eigenvalue weighted by molar-refractivity contribution is 7.09. The molecule has 0 saturated heterocycles. The van der Waals surface area contributed by atoms with Gasteiger partial charge >= 0.3 is 0 Å². The van der Waals surface area contributed by atoms with Crippen molar-refractivity contribution in [1.29, 1.82) is 0 Å². The van der Waals surface area contributed by atoms with E-state index in [1.165, 1.54) is 0 Å². The predicted octanol–water partition coefficient (Wildman–Crippen LogP) is 1.85. The predicted molar refractivity (Wildman–Crippen MR) is 71.1 cm³/mol. The Morgan fingerprint density at radius 2 is 2.35 bits per heavy atom. The summed E-state index contributed by atoms with van der Waals surface area (Å²) in [4.78, 5) is 15.9. The van der Waals surface area contributed by atoms with Gasteiger partial charge < -0.3 is 10.6 Å². The first-order valence-corrected chi connectivity index (χ1v) is 6.91. The highest BCUT2D eigenvalue weighted by Crippen LogP contribution is 2.06. The molecule has 0 aromatic carbocycles. The number of carbonyl (C=O) groups excluding carboxylic acids is 1. The Hall–Kier alpha value is -0.940. The summed E-state index contributed by atoms with van der Waals surface area (Å²) in [6.07, 6.45) is 2.12. The number of thiazole rings is 1. The molecule has 0 bridgehead atoms. The molecule has 17 heavy (non-hydrogen) atoms. The number of hydrogen-bond donors (Lipinski definition) is 2. The first-order valence-electron chi connectivity index (χ1n) is 6.03. The molecule has 0 fully saturated rings. The second-order valence-electron chi connectivity index (χ2n) is 4.22. The lowest BCUT2D eigenvalue weighted by Crippen LogP contribution is -2.38. The van der Waals surface area contributed by atoms with Crippen LogP contribution in [-0.4, -0.2) is 23.5 Å². The molecule has 0 aliphatic heterocycles. The van der Waals surface area contributed by atoms with Gasteiger partial charge in [-0.1, -0.05) is 13.3 Å². The number of nitrogens with one attached hydrogen (secondary N) is 2. The molecule has 4 nitrogen and oxygen atoms in total. The zero-order chi connectivity index (χ0) is 12.7. The van der Waals surface area contributed by atoms with Crippen LogP contribution in [0.2, 0.25) is 0 Å². The zero-order valence-corrected chi connectivity index (χ0v) is 11.6. The van der Waals surface area contributed by atoms with Crippen molar-refractivity contribution in [3.63, 3.8) is 0 Å². The van der Waals surface area contributed by atoms with Gasteiger partial charge in [-0.3, -0.25) is 4.79 Å². The quantitative estimate of drug-likeness (QED) is 0.782. The fourth-order valence-electron chi connectivity index (χ4n) is 1.62. The number of carbonyl (C=O) groups is 1. The Labute approximate surface area is 107 Å². The molecule has 1 amide bonds. The van der Waals surface area contributed by atoms with Crippen LogP contribution in [0.15, 0.2) is 5.38 Å². The molecule has 2 N–H and O–H groups in total. The minimum Gasteiger partial charge on any atom is -0.353 e. The van der Waals surface area contributed by atoms with Gasteiger partial charge in [0, 0.05) is 18.0 Å². The van der Waals surface area contributed by atoms with Crippen molar-refractivity contribution in [2.45, 2.75) is 46.2 Å². The van der Waals surface area contributed by atoms with Crippen LogP contribution in [0.5, 0.6) is 0 Å². The average Bonchev–Trinajstić information content (AvgIpc) is 2.64. The van der Waals surface area contributed by atoms with E-state index in [9.17, 15) is 4.79 Å². The zero-order valence-electron chi connectivity index (χ0n) is 10.7. The lowest BCUT2D eigenvalue weighted by molar-refractivity contribution is -0.120. The van der Waals surface area contributed by atoms with Gasteiger partial charge in [-0.2, -0.15) is 0 Å². The average molecular weight is 255 g/mol. The highest BCUT2D eigenvalue weighted by atomic mass is 32.1. The van der Waals surface area contributed by atoms with Gasteiger partial charge in [0.25, 0.3) is 0 Å². The number of aromatic nitrogens is 1. The minimum atomic E-state index is 0.0536. The molecule has 1 atom stereocenters. The summed E-state index contributed by atoms with van der Waals surface area (Å²) < 4.78 is 0. The first kappa shape index (κ1) is 14.1. The number of amides is 1. The van der Waals surface area contributed by atoms with Crippen molar-refractivity contribution in [3.05, 3.63) is 16.1 Å². The van der Waals surface area contributed by atoms with Crippen LogP contribution in [0.4, 0.5) is 0 Å². The largest absolute Gasteiger partial charge is 0.353 e. The van der Waals surface area contributed by atoms with Gasteiger partial charge in [0.2, 0.25) is 5.91 Å². The summed E-state index contributed by atoms with van der Waals surface area (Å²) in [6, 6.07) is 0.260. The number of aryl methyl sites for hydroxylation is 1. The van der Waals surface area contributed by atoms with Crippen LogP contribution in [0.3, 0.4) is 0 Å². The summed E-state index contributed by atoms with van der Waals surface area (Å²) in [5, 5.41) is 9.12. The Balaban J connectivity index is 2.16. The highest BCUT2D eigenvalue weighted by Gasteiger charge is 2.06. The normalized spacial score (nSPS) is 12.4. The van der Waals surface area contributed by atoms with Crippen LogP contribution in [0.25, 0.3) is 0 Å². The summed E-state index contributed by atoms with van der Waals surface area (Å²) in [5.74, 6) is 0.0536. The second kappa shape index (κ2) is 7.40. The van der Waals surface area contributed by atoms with E-state index in [-0.39, 0.29) is 11.9 Å². The molecule has 0 aliphatic carbocycles. The van der Waals surface area contributed by atoms with Crippen LogP contribution >= 0.6 is 11.3 Å². The standard InChI is InChI=1S/C12H21N3OS/c1-4-5-9(2)14-12(16)7-13-6-11-8-17-10(3)15-11/h8-9,13H,4-7H2,1-3H3,(H,14,16). The molecule has 0 saturated carbocycles. The summed E-state index contributed by atoms with van der Waals surface area (Å²) >= 11 is 1.63. The summed E-state index contributed by atoms with van der Waals surface area (Å²) in [7, 11) is 0. The lowest BCUT2D eigenvalue weighted by atomic mass is 10.2.